The van der Waals surface area contributed by atoms with E-state index in [1.807, 2.05) is 24.3 Å². The maximum atomic E-state index is 12.6. The zero-order chi connectivity index (χ0) is 18.4. The van der Waals surface area contributed by atoms with Crippen molar-refractivity contribution in [2.45, 2.75) is 0 Å². The Labute approximate surface area is 152 Å². The highest BCUT2D eigenvalue weighted by atomic mass is 35.5. The SMILES string of the molecule is COc1ccc(OCCN(C)C(=O)c2cc(Cl)c(N)cc2OC)cc1. The van der Waals surface area contributed by atoms with Gasteiger partial charge < -0.3 is 24.8 Å². The molecule has 25 heavy (non-hydrogen) atoms. The number of nitrogens with two attached hydrogens (primary N) is 1. The molecule has 0 aliphatic carbocycles. The van der Waals surface area contributed by atoms with E-state index in [-0.39, 0.29) is 5.91 Å². The minimum atomic E-state index is -0.225. The van der Waals surface area contributed by atoms with Gasteiger partial charge in [-0.3, -0.25) is 4.79 Å². The molecule has 7 heteroatoms. The number of anilines is 1. The minimum Gasteiger partial charge on any atom is -0.497 e. The van der Waals surface area contributed by atoms with E-state index in [0.29, 0.717) is 40.9 Å². The number of nitrogens with zero attached hydrogens (tertiary/aromatic N) is 1. The fourth-order valence-corrected chi connectivity index (χ4v) is 2.35. The molecule has 0 aliphatic rings. The lowest BCUT2D eigenvalue weighted by Gasteiger charge is -2.19. The van der Waals surface area contributed by atoms with Crippen LogP contribution in [0.5, 0.6) is 17.2 Å². The van der Waals surface area contributed by atoms with Gasteiger partial charge in [-0.2, -0.15) is 0 Å². The van der Waals surface area contributed by atoms with Crippen LogP contribution < -0.4 is 19.9 Å². The van der Waals surface area contributed by atoms with Crippen molar-refractivity contribution in [3.05, 3.63) is 47.0 Å². The molecule has 0 saturated heterocycles. The summed E-state index contributed by atoms with van der Waals surface area (Å²) < 4.78 is 15.9. The molecule has 0 radical (unpaired) electrons. The first kappa shape index (κ1) is 18.7. The number of halogens is 1. The van der Waals surface area contributed by atoms with Crippen LogP contribution in [0.15, 0.2) is 36.4 Å². The summed E-state index contributed by atoms with van der Waals surface area (Å²) in [5.74, 6) is 1.62. The third kappa shape index (κ3) is 4.70. The summed E-state index contributed by atoms with van der Waals surface area (Å²) in [7, 11) is 4.77. The first-order valence-corrected chi connectivity index (χ1v) is 7.99. The maximum Gasteiger partial charge on any atom is 0.257 e. The van der Waals surface area contributed by atoms with Gasteiger partial charge in [0.15, 0.2) is 0 Å². The standard InChI is InChI=1S/C18H21ClN2O4/c1-21(8-9-25-13-6-4-12(23-2)5-7-13)18(22)14-10-15(19)16(20)11-17(14)24-3/h4-7,10-11H,8-9,20H2,1-3H3. The highest BCUT2D eigenvalue weighted by molar-refractivity contribution is 6.33. The molecule has 0 unspecified atom stereocenters. The van der Waals surface area contributed by atoms with Crippen LogP contribution in [0, 0.1) is 0 Å². The molecule has 6 nitrogen and oxygen atoms in total. The van der Waals surface area contributed by atoms with Gasteiger partial charge in [-0.15, -0.1) is 0 Å². The molecule has 2 aromatic carbocycles. The molecule has 0 aliphatic heterocycles. The molecular formula is C18H21ClN2O4. The normalized spacial score (nSPS) is 10.2. The van der Waals surface area contributed by atoms with Gasteiger partial charge in [0.25, 0.3) is 5.91 Å². The van der Waals surface area contributed by atoms with Gasteiger partial charge in [0.1, 0.15) is 23.9 Å². The maximum absolute atomic E-state index is 12.6. The van der Waals surface area contributed by atoms with Crippen molar-refractivity contribution in [1.82, 2.24) is 4.90 Å². The van der Waals surface area contributed by atoms with E-state index in [1.54, 1.807) is 14.2 Å². The fourth-order valence-electron chi connectivity index (χ4n) is 2.18. The van der Waals surface area contributed by atoms with Crippen molar-refractivity contribution in [2.24, 2.45) is 0 Å². The average Bonchev–Trinajstić information content (AvgIpc) is 2.63. The molecule has 0 fully saturated rings. The fraction of sp³-hybridized carbons (Fsp3) is 0.278. The van der Waals surface area contributed by atoms with Crippen molar-refractivity contribution >= 4 is 23.2 Å². The van der Waals surface area contributed by atoms with E-state index in [2.05, 4.69) is 0 Å². The lowest BCUT2D eigenvalue weighted by molar-refractivity contribution is 0.0770. The summed E-state index contributed by atoms with van der Waals surface area (Å²) >= 11 is 6.01. The lowest BCUT2D eigenvalue weighted by Crippen LogP contribution is -2.31. The van der Waals surface area contributed by atoms with Crippen LogP contribution in [-0.4, -0.2) is 45.2 Å². The second-order valence-electron chi connectivity index (χ2n) is 5.32. The van der Waals surface area contributed by atoms with Crippen molar-refractivity contribution in [3.63, 3.8) is 0 Å². The zero-order valence-electron chi connectivity index (χ0n) is 14.4. The van der Waals surface area contributed by atoms with Gasteiger partial charge in [0, 0.05) is 13.1 Å². The molecule has 134 valence electrons. The number of hydrogen-bond acceptors (Lipinski definition) is 5. The van der Waals surface area contributed by atoms with Gasteiger partial charge in [0.2, 0.25) is 0 Å². The number of methoxy groups -OCH3 is 2. The van der Waals surface area contributed by atoms with Crippen LogP contribution in [-0.2, 0) is 0 Å². The number of nitrogen functional groups attached to an aromatic ring is 1. The van der Waals surface area contributed by atoms with Gasteiger partial charge in [-0.25, -0.2) is 0 Å². The van der Waals surface area contributed by atoms with Crippen LogP contribution in [0.4, 0.5) is 5.69 Å². The Morgan fingerprint density at radius 3 is 2.36 bits per heavy atom. The Morgan fingerprint density at radius 1 is 1.12 bits per heavy atom. The van der Waals surface area contributed by atoms with E-state index in [0.717, 1.165) is 5.75 Å². The Hall–Kier alpha value is -2.60. The second-order valence-corrected chi connectivity index (χ2v) is 5.73. The minimum absolute atomic E-state index is 0.225. The number of likely N-dealkylation sites (N-methyl/N-ethyl adjacent to an activating group) is 1. The summed E-state index contributed by atoms with van der Waals surface area (Å²) in [6.07, 6.45) is 0. The number of amides is 1. The Bertz CT molecular complexity index is 735. The molecule has 1 amide bonds. The van der Waals surface area contributed by atoms with E-state index in [4.69, 9.17) is 31.5 Å². The third-order valence-corrected chi connectivity index (χ3v) is 3.98. The lowest BCUT2D eigenvalue weighted by atomic mass is 10.1. The summed E-state index contributed by atoms with van der Waals surface area (Å²) in [4.78, 5) is 14.1. The van der Waals surface area contributed by atoms with Crippen LogP contribution in [0.3, 0.4) is 0 Å². The van der Waals surface area contributed by atoms with Gasteiger partial charge in [0.05, 0.1) is 37.0 Å². The van der Waals surface area contributed by atoms with Crippen molar-refractivity contribution < 1.29 is 19.0 Å². The number of benzene rings is 2. The largest absolute Gasteiger partial charge is 0.497 e. The molecule has 2 rings (SSSR count). The second kappa shape index (κ2) is 8.48. The highest BCUT2D eigenvalue weighted by Gasteiger charge is 2.18. The van der Waals surface area contributed by atoms with Crippen molar-refractivity contribution in [2.75, 3.05) is 40.2 Å². The zero-order valence-corrected chi connectivity index (χ0v) is 15.2. The van der Waals surface area contributed by atoms with Crippen LogP contribution in [0.2, 0.25) is 5.02 Å². The summed E-state index contributed by atoms with van der Waals surface area (Å²) in [5, 5.41) is 0.312. The van der Waals surface area contributed by atoms with Crippen LogP contribution in [0.1, 0.15) is 10.4 Å². The van der Waals surface area contributed by atoms with Crippen molar-refractivity contribution in [1.29, 1.82) is 0 Å². The van der Waals surface area contributed by atoms with Crippen LogP contribution in [0.25, 0.3) is 0 Å². The molecule has 2 N–H and O–H groups in total. The van der Waals surface area contributed by atoms with Crippen LogP contribution >= 0.6 is 11.6 Å². The molecule has 0 heterocycles. The summed E-state index contributed by atoms with van der Waals surface area (Å²) in [6.45, 7) is 0.746. The van der Waals surface area contributed by atoms with E-state index >= 15 is 0 Å². The van der Waals surface area contributed by atoms with E-state index in [9.17, 15) is 4.79 Å². The molecule has 0 aromatic heterocycles. The first-order chi connectivity index (χ1) is 12.0. The summed E-state index contributed by atoms with van der Waals surface area (Å²) in [6, 6.07) is 10.3. The molecule has 0 saturated carbocycles. The smallest absolute Gasteiger partial charge is 0.257 e. The number of ether oxygens (including phenoxy) is 3. The molecule has 0 bridgehead atoms. The quantitative estimate of drug-likeness (QED) is 0.764. The predicted octanol–water partition coefficient (Wildman–Crippen LogP) is 3.09. The number of carbonyl (C=O) groups excluding carboxylic acids is 1. The molecule has 0 spiro atoms. The topological polar surface area (TPSA) is 74.0 Å². The number of carbonyl (C=O) groups is 1. The van der Waals surface area contributed by atoms with Gasteiger partial charge in [-0.05, 0) is 30.3 Å². The first-order valence-electron chi connectivity index (χ1n) is 7.61. The Morgan fingerprint density at radius 2 is 1.76 bits per heavy atom. The number of rotatable bonds is 7. The van der Waals surface area contributed by atoms with Crippen molar-refractivity contribution in [3.8, 4) is 17.2 Å². The monoisotopic (exact) mass is 364 g/mol. The van der Waals surface area contributed by atoms with E-state index < -0.39 is 0 Å². The van der Waals surface area contributed by atoms with Gasteiger partial charge in [-0.1, -0.05) is 11.6 Å². The Kier molecular flexibility index (Phi) is 6.36. The highest BCUT2D eigenvalue weighted by Crippen LogP contribution is 2.29. The van der Waals surface area contributed by atoms with Gasteiger partial charge >= 0.3 is 0 Å². The predicted molar refractivity (Wildman–Crippen MR) is 97.9 cm³/mol. The molecule has 0 atom stereocenters. The molecule has 2 aromatic rings. The molecular weight excluding hydrogens is 344 g/mol. The number of hydrogen-bond donors (Lipinski definition) is 1. The third-order valence-electron chi connectivity index (χ3n) is 3.65. The summed E-state index contributed by atoms with van der Waals surface area (Å²) in [5.41, 5.74) is 6.46. The average molecular weight is 365 g/mol. The van der Waals surface area contributed by atoms with E-state index in [1.165, 1.54) is 24.1 Å². The Balaban J connectivity index is 1.97.